The highest BCUT2D eigenvalue weighted by atomic mass is 127. The minimum absolute atomic E-state index is 0.0810. The Morgan fingerprint density at radius 3 is 2.68 bits per heavy atom. The van der Waals surface area contributed by atoms with Gasteiger partial charge in [0.1, 0.15) is 11.5 Å². The molecule has 2 saturated carbocycles. The van der Waals surface area contributed by atoms with E-state index in [4.69, 9.17) is 38.9 Å². The van der Waals surface area contributed by atoms with Gasteiger partial charge in [0.15, 0.2) is 23.0 Å². The van der Waals surface area contributed by atoms with E-state index in [0.717, 1.165) is 56.0 Å². The zero-order chi connectivity index (χ0) is 32.3. The van der Waals surface area contributed by atoms with Crippen molar-refractivity contribution in [2.45, 2.75) is 49.8 Å². The van der Waals surface area contributed by atoms with Gasteiger partial charge >= 0.3 is 0 Å². The summed E-state index contributed by atoms with van der Waals surface area (Å²) < 4.78 is 41.1. The zero-order valence-electron chi connectivity index (χ0n) is 26.3. The maximum atomic E-state index is 15.0. The van der Waals surface area contributed by atoms with Gasteiger partial charge in [0.25, 0.3) is 0 Å². The van der Waals surface area contributed by atoms with Crippen LogP contribution in [0.25, 0.3) is 16.6 Å². The predicted molar refractivity (Wildman–Crippen MR) is 186 cm³/mol. The van der Waals surface area contributed by atoms with Crippen LogP contribution in [0.2, 0.25) is 0 Å². The first-order valence-electron chi connectivity index (χ1n) is 15.6. The first kappa shape index (κ1) is 30.8. The second-order valence-corrected chi connectivity index (χ2v) is 14.4. The molecule has 3 fully saturated rings. The lowest BCUT2D eigenvalue weighted by Crippen LogP contribution is -2.42. The lowest BCUT2D eigenvalue weighted by Gasteiger charge is -2.40. The number of methoxy groups -OCH3 is 3. The number of hydrogen-bond donors (Lipinski definition) is 1. The first-order valence-corrected chi connectivity index (χ1v) is 19.6. The molecule has 0 spiro atoms. The molecule has 4 heterocycles. The van der Waals surface area contributed by atoms with Gasteiger partial charge in [0, 0.05) is 48.9 Å². The molecule has 47 heavy (non-hydrogen) atoms. The summed E-state index contributed by atoms with van der Waals surface area (Å²) in [4.78, 5) is 12.3. The summed E-state index contributed by atoms with van der Waals surface area (Å²) in [5.41, 5.74) is 2.84. The lowest BCUT2D eigenvalue weighted by atomic mass is 9.80. The number of nitrogens with zero attached hydrogens (tertiary/aromatic N) is 7. The Morgan fingerprint density at radius 1 is 1.09 bits per heavy atom. The van der Waals surface area contributed by atoms with Crippen LogP contribution in [0.4, 0.5) is 16.0 Å². The highest BCUT2D eigenvalue weighted by Gasteiger charge is 2.63. The number of rotatable bonds is 12. The second kappa shape index (κ2) is 11.9. The number of hydrogen-bond acceptors (Lipinski definition) is 10. The van der Waals surface area contributed by atoms with Crippen LogP contribution < -0.4 is 24.4 Å². The van der Waals surface area contributed by atoms with Crippen molar-refractivity contribution in [1.29, 1.82) is 0 Å². The van der Waals surface area contributed by atoms with Crippen LogP contribution in [-0.2, 0) is 23.0 Å². The molecule has 0 amide bonds. The quantitative estimate of drug-likeness (QED) is 0.121. The molecular weight excluding hydrogens is 737 g/mol. The van der Waals surface area contributed by atoms with Gasteiger partial charge in [-0.05, 0) is 71.8 Å². The molecule has 3 unspecified atom stereocenters. The molecule has 3 aliphatic rings. The summed E-state index contributed by atoms with van der Waals surface area (Å²) in [5.74, 6) is 2.69. The summed E-state index contributed by atoms with van der Waals surface area (Å²) in [6, 6.07) is 8.70. The number of piperidine rings is 1. The van der Waals surface area contributed by atoms with Crippen LogP contribution in [0.3, 0.4) is 0 Å². The Kier molecular flexibility index (Phi) is 7.79. The van der Waals surface area contributed by atoms with E-state index in [1.165, 1.54) is 19.6 Å². The summed E-state index contributed by atoms with van der Waals surface area (Å²) >= 11 is 2.30. The van der Waals surface area contributed by atoms with Crippen molar-refractivity contribution in [1.82, 2.24) is 29.4 Å². The maximum absolute atomic E-state index is 15.0. The molecule has 8 rings (SSSR count). The summed E-state index contributed by atoms with van der Waals surface area (Å²) in [5, 5.41) is 13.7. The molecule has 1 saturated heterocycles. The number of fused-ring (bicyclic) bond motifs is 4. The van der Waals surface area contributed by atoms with Crippen molar-refractivity contribution >= 4 is 56.7 Å². The molecule has 1 N–H and O–H groups in total. The Morgan fingerprint density at radius 2 is 1.94 bits per heavy atom. The van der Waals surface area contributed by atoms with Crippen LogP contribution in [0, 0.1) is 11.7 Å². The van der Waals surface area contributed by atoms with Crippen molar-refractivity contribution in [3.63, 3.8) is 0 Å². The number of halogens is 2. The topological polar surface area (TPSA) is 113 Å². The van der Waals surface area contributed by atoms with Crippen molar-refractivity contribution in [3.8, 4) is 17.2 Å². The smallest absolute Gasteiger partial charge is 0.226 e. The van der Waals surface area contributed by atoms with Gasteiger partial charge in [0.05, 0.1) is 62.7 Å². The normalized spacial score (nSPS) is 21.4. The number of nitrogens with one attached hydrogen (secondary N) is 1. The fourth-order valence-corrected chi connectivity index (χ4v) is 8.97. The van der Waals surface area contributed by atoms with Crippen LogP contribution in [-0.4, -0.2) is 69.4 Å². The van der Waals surface area contributed by atoms with Gasteiger partial charge in [0.2, 0.25) is 5.95 Å². The standard InChI is InChI=1S/C32H35FIN8O4P/c1-43-22-6-5-19(26(9-22)44-2)13-35-30-37-25-11-27(45-3)24(33)10-23(25)28-38-29(39-42(28)30)32-12-20(32)15-40(18-32)21-14-36-41(16-21)17-31(46-47-34)7-4-8-31/h5-6,9-11,14,16,20,47H,4,7-8,12-13,15,17-18H2,1-3H3,(H,35,37). The fourth-order valence-electron chi connectivity index (χ4n) is 7.13. The van der Waals surface area contributed by atoms with Gasteiger partial charge in [-0.15, -0.1) is 5.10 Å². The summed E-state index contributed by atoms with van der Waals surface area (Å²) in [6.45, 7) is 3.33. The number of benzene rings is 2. The number of ether oxygens (including phenoxy) is 3. The van der Waals surface area contributed by atoms with E-state index in [2.05, 4.69) is 38.5 Å². The number of anilines is 2. The van der Waals surface area contributed by atoms with Crippen LogP contribution >= 0.6 is 28.5 Å². The Balaban J connectivity index is 1.11. The molecule has 2 aromatic carbocycles. The van der Waals surface area contributed by atoms with E-state index >= 15 is 0 Å². The van der Waals surface area contributed by atoms with E-state index in [9.17, 15) is 4.39 Å². The third-order valence-corrected chi connectivity index (χ3v) is 11.2. The largest absolute Gasteiger partial charge is 0.497 e. The second-order valence-electron chi connectivity index (χ2n) is 12.7. The van der Waals surface area contributed by atoms with Gasteiger partial charge < -0.3 is 29.0 Å². The summed E-state index contributed by atoms with van der Waals surface area (Å²) in [6.07, 6.45) is 8.46. The molecular formula is C32H35FIN8O4P. The Hall–Kier alpha value is -3.49. The molecule has 246 valence electrons. The van der Waals surface area contributed by atoms with E-state index in [1.807, 2.05) is 29.1 Å². The Labute approximate surface area is 285 Å². The molecule has 12 nitrogen and oxygen atoms in total. The molecule has 15 heteroatoms. The molecule has 5 aromatic rings. The minimum Gasteiger partial charge on any atom is -0.497 e. The zero-order valence-corrected chi connectivity index (χ0v) is 29.5. The minimum atomic E-state index is -0.475. The van der Waals surface area contributed by atoms with Gasteiger partial charge in [-0.25, -0.2) is 14.4 Å². The monoisotopic (exact) mass is 772 g/mol. The third kappa shape index (κ3) is 5.32. The molecule has 2 aliphatic carbocycles. The highest BCUT2D eigenvalue weighted by molar-refractivity contribution is 14.2. The Bertz CT molecular complexity index is 1990. The maximum Gasteiger partial charge on any atom is 0.226 e. The lowest BCUT2D eigenvalue weighted by molar-refractivity contribution is -0.00944. The fraction of sp³-hybridized carbons (Fsp3) is 0.438. The van der Waals surface area contributed by atoms with E-state index in [0.29, 0.717) is 52.9 Å². The average Bonchev–Trinajstić information content (AvgIpc) is 3.46. The molecule has 3 atom stereocenters. The predicted octanol–water partition coefficient (Wildman–Crippen LogP) is 5.91. The molecule has 3 aromatic heterocycles. The van der Waals surface area contributed by atoms with Gasteiger partial charge in [-0.2, -0.15) is 9.61 Å². The van der Waals surface area contributed by atoms with Crippen LogP contribution in [0.5, 0.6) is 17.2 Å². The van der Waals surface area contributed by atoms with Crippen molar-refractivity contribution in [2.75, 3.05) is 44.6 Å². The molecule has 0 bridgehead atoms. The van der Waals surface area contributed by atoms with E-state index in [1.54, 1.807) is 24.8 Å². The SMILES string of the molecule is COc1ccc(CNc2nc3cc(OC)c(F)cc3c3nc(C45CC4CN(c4cnn(CC6(OPI)CCC6)c4)C5)nn23)c(OC)c1. The highest BCUT2D eigenvalue weighted by Crippen LogP contribution is 2.59. The third-order valence-electron chi connectivity index (χ3n) is 10.0. The van der Waals surface area contributed by atoms with Crippen molar-refractivity contribution in [3.05, 3.63) is 59.9 Å². The first-order chi connectivity index (χ1) is 22.9. The van der Waals surface area contributed by atoms with E-state index < -0.39 is 5.82 Å². The molecule has 0 radical (unpaired) electrons. The van der Waals surface area contributed by atoms with Crippen LogP contribution in [0.15, 0.2) is 42.7 Å². The molecule has 1 aliphatic heterocycles. The number of aromatic nitrogens is 6. The average molecular weight is 773 g/mol. The van der Waals surface area contributed by atoms with Crippen molar-refractivity contribution < 1.29 is 23.1 Å². The van der Waals surface area contributed by atoms with Crippen LogP contribution in [0.1, 0.15) is 37.1 Å². The van der Waals surface area contributed by atoms with Crippen molar-refractivity contribution in [2.24, 2.45) is 5.92 Å². The van der Waals surface area contributed by atoms with Gasteiger partial charge in [-0.1, -0.05) is 0 Å². The van der Waals surface area contributed by atoms with Gasteiger partial charge in [-0.3, -0.25) is 4.68 Å². The summed E-state index contributed by atoms with van der Waals surface area (Å²) in [7, 11) is 4.69. The van der Waals surface area contributed by atoms with E-state index in [-0.39, 0.29) is 16.8 Å².